The molecule has 1 saturated carbocycles. The van der Waals surface area contributed by atoms with Crippen molar-refractivity contribution in [1.82, 2.24) is 10.3 Å². The largest absolute Gasteiger partial charge is 0.394 e. The fraction of sp³-hybridized carbons (Fsp3) is 0.625. The highest BCUT2D eigenvalue weighted by molar-refractivity contribution is 5.94. The average Bonchev–Trinajstić information content (AvgIpc) is 3.31. The molecule has 1 aromatic heterocycles. The standard InChI is InChI=1S/C16H22N2O3/c1-16(9-19,11-6-7-11)18-15(21)12-8-10-4-2-3-5-13(10)17-14(12)20/h8,11,19H,2-7,9H2,1H3,(H,17,20)(H,18,21). The summed E-state index contributed by atoms with van der Waals surface area (Å²) in [6, 6.07) is 1.73. The van der Waals surface area contributed by atoms with Crippen LogP contribution < -0.4 is 10.9 Å². The van der Waals surface area contributed by atoms with Crippen molar-refractivity contribution < 1.29 is 9.90 Å². The summed E-state index contributed by atoms with van der Waals surface area (Å²) in [5, 5.41) is 12.4. The Morgan fingerprint density at radius 2 is 2.14 bits per heavy atom. The van der Waals surface area contributed by atoms with E-state index >= 15 is 0 Å². The molecule has 1 amide bonds. The van der Waals surface area contributed by atoms with Crippen LogP contribution in [0.25, 0.3) is 0 Å². The number of H-pyrrole nitrogens is 1. The van der Waals surface area contributed by atoms with E-state index in [0.717, 1.165) is 49.8 Å². The minimum atomic E-state index is -0.626. The predicted octanol–water partition coefficient (Wildman–Crippen LogP) is 1.14. The van der Waals surface area contributed by atoms with Crippen molar-refractivity contribution in [2.45, 2.75) is 51.0 Å². The van der Waals surface area contributed by atoms with Gasteiger partial charge >= 0.3 is 0 Å². The number of aromatic nitrogens is 1. The van der Waals surface area contributed by atoms with Gasteiger partial charge in [-0.15, -0.1) is 0 Å². The quantitative estimate of drug-likeness (QED) is 0.778. The molecule has 5 heteroatoms. The Bertz CT molecular complexity index is 618. The Morgan fingerprint density at radius 3 is 2.81 bits per heavy atom. The first-order chi connectivity index (χ1) is 10.0. The zero-order valence-corrected chi connectivity index (χ0v) is 12.4. The highest BCUT2D eigenvalue weighted by Crippen LogP contribution is 2.39. The Hall–Kier alpha value is -1.62. The summed E-state index contributed by atoms with van der Waals surface area (Å²) in [5.41, 5.74) is 1.25. The van der Waals surface area contributed by atoms with E-state index in [1.54, 1.807) is 6.07 Å². The van der Waals surface area contributed by atoms with Crippen LogP contribution in [0, 0.1) is 5.92 Å². The van der Waals surface area contributed by atoms with Crippen LogP contribution in [0.3, 0.4) is 0 Å². The monoisotopic (exact) mass is 290 g/mol. The number of aliphatic hydroxyl groups is 1. The first-order valence-corrected chi connectivity index (χ1v) is 7.72. The summed E-state index contributed by atoms with van der Waals surface area (Å²) in [4.78, 5) is 27.4. The molecule has 21 heavy (non-hydrogen) atoms. The molecule has 2 aliphatic carbocycles. The highest BCUT2D eigenvalue weighted by Gasteiger charge is 2.42. The number of rotatable bonds is 4. The van der Waals surface area contributed by atoms with Gasteiger partial charge in [-0.25, -0.2) is 0 Å². The van der Waals surface area contributed by atoms with Crippen LogP contribution in [-0.4, -0.2) is 28.1 Å². The Morgan fingerprint density at radius 1 is 1.43 bits per heavy atom. The average molecular weight is 290 g/mol. The van der Waals surface area contributed by atoms with Crippen molar-refractivity contribution in [2.75, 3.05) is 6.61 Å². The third-order valence-corrected chi connectivity index (χ3v) is 4.79. The smallest absolute Gasteiger partial charge is 0.261 e. The number of nitrogens with one attached hydrogen (secondary N) is 2. The molecule has 3 rings (SSSR count). The van der Waals surface area contributed by atoms with Gasteiger partial charge in [0.25, 0.3) is 11.5 Å². The number of amides is 1. The van der Waals surface area contributed by atoms with Gasteiger partial charge in [-0.2, -0.15) is 0 Å². The van der Waals surface area contributed by atoms with Crippen LogP contribution in [0.1, 0.15) is 54.2 Å². The normalized spacial score (nSPS) is 20.5. The molecule has 0 spiro atoms. The van der Waals surface area contributed by atoms with Gasteiger partial charge in [0, 0.05) is 5.69 Å². The number of carbonyl (C=O) groups excluding carboxylic acids is 1. The summed E-state index contributed by atoms with van der Waals surface area (Å²) in [6.45, 7) is 1.74. The van der Waals surface area contributed by atoms with Gasteiger partial charge in [0.2, 0.25) is 0 Å². The molecule has 0 aromatic carbocycles. The molecule has 1 heterocycles. The number of aryl methyl sites for hydroxylation is 2. The van der Waals surface area contributed by atoms with Gasteiger partial charge < -0.3 is 15.4 Å². The number of pyridine rings is 1. The van der Waals surface area contributed by atoms with E-state index in [-0.39, 0.29) is 23.6 Å². The topological polar surface area (TPSA) is 82.2 Å². The van der Waals surface area contributed by atoms with Gasteiger partial charge in [-0.1, -0.05) is 0 Å². The number of hydrogen-bond donors (Lipinski definition) is 3. The van der Waals surface area contributed by atoms with Crippen molar-refractivity contribution in [2.24, 2.45) is 5.92 Å². The zero-order chi connectivity index (χ0) is 15.0. The number of hydrogen-bond acceptors (Lipinski definition) is 3. The zero-order valence-electron chi connectivity index (χ0n) is 12.4. The van der Waals surface area contributed by atoms with E-state index in [1.807, 2.05) is 6.92 Å². The van der Waals surface area contributed by atoms with E-state index < -0.39 is 5.54 Å². The van der Waals surface area contributed by atoms with Gasteiger partial charge in [0.15, 0.2) is 0 Å². The molecule has 5 nitrogen and oxygen atoms in total. The third kappa shape index (κ3) is 2.75. The van der Waals surface area contributed by atoms with Crippen LogP contribution in [0.2, 0.25) is 0 Å². The molecule has 3 N–H and O–H groups in total. The minimum Gasteiger partial charge on any atom is -0.394 e. The Balaban J connectivity index is 1.86. The van der Waals surface area contributed by atoms with E-state index in [1.165, 1.54) is 0 Å². The fourth-order valence-corrected chi connectivity index (χ4v) is 3.16. The van der Waals surface area contributed by atoms with Crippen molar-refractivity contribution in [1.29, 1.82) is 0 Å². The first kappa shape index (κ1) is 14.3. The van der Waals surface area contributed by atoms with E-state index in [2.05, 4.69) is 10.3 Å². The number of aromatic amines is 1. The van der Waals surface area contributed by atoms with Crippen LogP contribution in [0.4, 0.5) is 0 Å². The lowest BCUT2D eigenvalue weighted by atomic mass is 9.94. The fourth-order valence-electron chi connectivity index (χ4n) is 3.16. The Kier molecular flexibility index (Phi) is 3.61. The second kappa shape index (κ2) is 5.30. The molecule has 0 bridgehead atoms. The summed E-state index contributed by atoms with van der Waals surface area (Å²) in [6.07, 6.45) is 5.99. The lowest BCUT2D eigenvalue weighted by Gasteiger charge is -2.28. The molecular formula is C16H22N2O3. The molecule has 1 atom stereocenters. The molecular weight excluding hydrogens is 268 g/mol. The number of carbonyl (C=O) groups is 1. The summed E-state index contributed by atoms with van der Waals surface area (Å²) in [5.74, 6) is -0.0729. The van der Waals surface area contributed by atoms with Crippen LogP contribution in [0.5, 0.6) is 0 Å². The second-order valence-electron chi connectivity index (χ2n) is 6.53. The maximum absolute atomic E-state index is 12.4. The van der Waals surface area contributed by atoms with Gasteiger partial charge in [-0.3, -0.25) is 9.59 Å². The van der Waals surface area contributed by atoms with Crippen molar-refractivity contribution in [3.8, 4) is 0 Å². The van der Waals surface area contributed by atoms with Crippen LogP contribution in [-0.2, 0) is 12.8 Å². The molecule has 114 valence electrons. The lowest BCUT2D eigenvalue weighted by molar-refractivity contribution is 0.0823. The molecule has 1 aromatic rings. The van der Waals surface area contributed by atoms with Crippen LogP contribution >= 0.6 is 0 Å². The van der Waals surface area contributed by atoms with E-state index in [4.69, 9.17) is 0 Å². The predicted molar refractivity (Wildman–Crippen MR) is 79.4 cm³/mol. The second-order valence-corrected chi connectivity index (χ2v) is 6.53. The maximum atomic E-state index is 12.4. The Labute approximate surface area is 123 Å². The number of aliphatic hydroxyl groups excluding tert-OH is 1. The van der Waals surface area contributed by atoms with Gasteiger partial charge in [0.1, 0.15) is 5.56 Å². The molecule has 1 fully saturated rings. The van der Waals surface area contributed by atoms with Crippen molar-refractivity contribution in [3.63, 3.8) is 0 Å². The van der Waals surface area contributed by atoms with E-state index in [9.17, 15) is 14.7 Å². The van der Waals surface area contributed by atoms with Crippen LogP contribution in [0.15, 0.2) is 10.9 Å². The van der Waals surface area contributed by atoms with Crippen molar-refractivity contribution in [3.05, 3.63) is 33.2 Å². The van der Waals surface area contributed by atoms with Gasteiger partial charge in [0.05, 0.1) is 12.1 Å². The molecule has 2 aliphatic rings. The molecule has 1 unspecified atom stereocenters. The third-order valence-electron chi connectivity index (χ3n) is 4.79. The van der Waals surface area contributed by atoms with Gasteiger partial charge in [-0.05, 0) is 63.0 Å². The van der Waals surface area contributed by atoms with E-state index in [0.29, 0.717) is 5.92 Å². The summed E-state index contributed by atoms with van der Waals surface area (Å²) < 4.78 is 0. The lowest BCUT2D eigenvalue weighted by Crippen LogP contribution is -2.51. The molecule has 0 aliphatic heterocycles. The highest BCUT2D eigenvalue weighted by atomic mass is 16.3. The van der Waals surface area contributed by atoms with Crippen molar-refractivity contribution >= 4 is 5.91 Å². The molecule has 0 radical (unpaired) electrons. The number of fused-ring (bicyclic) bond motifs is 1. The maximum Gasteiger partial charge on any atom is 0.261 e. The summed E-state index contributed by atoms with van der Waals surface area (Å²) in [7, 11) is 0. The first-order valence-electron chi connectivity index (χ1n) is 7.72. The SMILES string of the molecule is CC(CO)(NC(=O)c1cc2c([nH]c1=O)CCCC2)C1CC1. The summed E-state index contributed by atoms with van der Waals surface area (Å²) >= 11 is 0. The minimum absolute atomic E-state index is 0.105. The molecule has 0 saturated heterocycles.